The van der Waals surface area contributed by atoms with E-state index in [4.69, 9.17) is 5.26 Å². The van der Waals surface area contributed by atoms with E-state index in [0.29, 0.717) is 16.9 Å². The predicted octanol–water partition coefficient (Wildman–Crippen LogP) is 2.58. The second-order valence-corrected chi connectivity index (χ2v) is 7.67. The van der Waals surface area contributed by atoms with Gasteiger partial charge in [-0.3, -0.25) is 9.10 Å². The van der Waals surface area contributed by atoms with Gasteiger partial charge in [0, 0.05) is 0 Å². The summed E-state index contributed by atoms with van der Waals surface area (Å²) in [6, 6.07) is 14.0. The first-order valence-electron chi connectivity index (χ1n) is 7.56. The maximum atomic E-state index is 12.4. The zero-order valence-corrected chi connectivity index (χ0v) is 15.1. The average Bonchev–Trinajstić information content (AvgIpc) is 2.54. The van der Waals surface area contributed by atoms with Gasteiger partial charge in [0.05, 0.1) is 23.2 Å². The van der Waals surface area contributed by atoms with Crippen molar-refractivity contribution in [2.45, 2.75) is 13.8 Å². The molecule has 0 fully saturated rings. The number of nitrogens with zero attached hydrogens (tertiary/aromatic N) is 2. The van der Waals surface area contributed by atoms with E-state index in [0.717, 1.165) is 21.7 Å². The van der Waals surface area contributed by atoms with Crippen LogP contribution in [0.3, 0.4) is 0 Å². The van der Waals surface area contributed by atoms with Crippen LogP contribution in [0.25, 0.3) is 0 Å². The fraction of sp³-hybridized carbons (Fsp3) is 0.222. The molecule has 0 radical (unpaired) electrons. The molecule has 0 heterocycles. The molecule has 2 aromatic rings. The minimum Gasteiger partial charge on any atom is -0.323 e. The van der Waals surface area contributed by atoms with E-state index in [-0.39, 0.29) is 6.54 Å². The molecule has 0 aliphatic heterocycles. The molecule has 7 heteroatoms. The highest BCUT2D eigenvalue weighted by Crippen LogP contribution is 2.24. The van der Waals surface area contributed by atoms with Gasteiger partial charge in [-0.2, -0.15) is 5.26 Å². The highest BCUT2D eigenvalue weighted by molar-refractivity contribution is 7.92. The van der Waals surface area contributed by atoms with Crippen LogP contribution in [0.1, 0.15) is 16.7 Å². The van der Waals surface area contributed by atoms with Gasteiger partial charge in [-0.25, -0.2) is 8.42 Å². The first-order chi connectivity index (χ1) is 11.7. The third-order valence-corrected chi connectivity index (χ3v) is 4.77. The minimum absolute atomic E-state index is 0.313. The molecule has 0 saturated heterocycles. The van der Waals surface area contributed by atoms with E-state index in [1.165, 1.54) is 0 Å². The predicted molar refractivity (Wildman–Crippen MR) is 97.9 cm³/mol. The lowest BCUT2D eigenvalue weighted by atomic mass is 10.1. The third kappa shape index (κ3) is 4.58. The summed E-state index contributed by atoms with van der Waals surface area (Å²) in [6.45, 7) is 3.27. The minimum atomic E-state index is -3.65. The molecule has 0 bridgehead atoms. The second-order valence-electron chi connectivity index (χ2n) is 5.77. The van der Waals surface area contributed by atoms with Crippen molar-refractivity contribution in [1.82, 2.24) is 0 Å². The van der Waals surface area contributed by atoms with Crippen LogP contribution < -0.4 is 9.62 Å². The highest BCUT2D eigenvalue weighted by Gasteiger charge is 2.22. The maximum absolute atomic E-state index is 12.4. The van der Waals surface area contributed by atoms with Crippen LogP contribution in [0.15, 0.2) is 42.5 Å². The number of amides is 1. The van der Waals surface area contributed by atoms with Crippen LogP contribution in [0.5, 0.6) is 0 Å². The number of carbonyl (C=O) groups is 1. The van der Waals surface area contributed by atoms with Gasteiger partial charge in [0.2, 0.25) is 15.9 Å². The van der Waals surface area contributed by atoms with Crippen molar-refractivity contribution in [1.29, 1.82) is 5.26 Å². The number of aryl methyl sites for hydroxylation is 2. The van der Waals surface area contributed by atoms with Gasteiger partial charge in [0.15, 0.2) is 0 Å². The Hall–Kier alpha value is -2.85. The van der Waals surface area contributed by atoms with Gasteiger partial charge in [0.25, 0.3) is 0 Å². The molecule has 0 saturated carbocycles. The molecule has 1 N–H and O–H groups in total. The van der Waals surface area contributed by atoms with Gasteiger partial charge < -0.3 is 5.32 Å². The van der Waals surface area contributed by atoms with Crippen molar-refractivity contribution < 1.29 is 13.2 Å². The lowest BCUT2D eigenvalue weighted by molar-refractivity contribution is -0.114. The number of hydrogen-bond acceptors (Lipinski definition) is 4. The van der Waals surface area contributed by atoms with E-state index in [9.17, 15) is 13.2 Å². The second kappa shape index (κ2) is 7.36. The van der Waals surface area contributed by atoms with Crippen LogP contribution in [-0.2, 0) is 14.8 Å². The maximum Gasteiger partial charge on any atom is 0.245 e. The summed E-state index contributed by atoms with van der Waals surface area (Å²) in [7, 11) is -3.65. The number of carbonyl (C=O) groups excluding carboxylic acids is 1. The smallest absolute Gasteiger partial charge is 0.245 e. The van der Waals surface area contributed by atoms with Gasteiger partial charge in [-0.15, -0.1) is 0 Å². The number of anilines is 2. The van der Waals surface area contributed by atoms with Crippen molar-refractivity contribution in [2.75, 3.05) is 22.4 Å². The number of hydrogen-bond donors (Lipinski definition) is 1. The SMILES string of the molecule is Cc1ccc(C)c(N(CC(=O)Nc2ccccc2C#N)S(C)(=O)=O)c1. The molecule has 0 atom stereocenters. The third-order valence-electron chi connectivity index (χ3n) is 3.64. The van der Waals surface area contributed by atoms with E-state index in [2.05, 4.69) is 5.32 Å². The zero-order chi connectivity index (χ0) is 18.6. The fourth-order valence-corrected chi connectivity index (χ4v) is 3.28. The Kier molecular flexibility index (Phi) is 5.45. The van der Waals surface area contributed by atoms with Gasteiger partial charge in [-0.1, -0.05) is 24.3 Å². The molecule has 1 amide bonds. The molecule has 2 aromatic carbocycles. The molecular formula is C18H19N3O3S. The van der Waals surface area contributed by atoms with Gasteiger partial charge in [0.1, 0.15) is 12.6 Å². The molecule has 2 rings (SSSR count). The van der Waals surface area contributed by atoms with Crippen LogP contribution in [0.2, 0.25) is 0 Å². The van der Waals surface area contributed by atoms with Crippen LogP contribution in [0.4, 0.5) is 11.4 Å². The number of benzene rings is 2. The molecule has 130 valence electrons. The largest absolute Gasteiger partial charge is 0.323 e. The van der Waals surface area contributed by atoms with Crippen molar-refractivity contribution >= 4 is 27.3 Å². The Balaban J connectivity index is 2.31. The quantitative estimate of drug-likeness (QED) is 0.890. The normalized spacial score (nSPS) is 10.8. The molecule has 0 aromatic heterocycles. The van der Waals surface area contributed by atoms with Gasteiger partial charge in [-0.05, 0) is 43.2 Å². The summed E-state index contributed by atoms with van der Waals surface area (Å²) in [6.07, 6.45) is 1.06. The first-order valence-corrected chi connectivity index (χ1v) is 9.41. The van der Waals surface area contributed by atoms with Crippen LogP contribution >= 0.6 is 0 Å². The fourth-order valence-electron chi connectivity index (χ4n) is 2.38. The number of nitrogens with one attached hydrogen (secondary N) is 1. The molecule has 0 aliphatic rings. The number of rotatable bonds is 5. The molecule has 6 nitrogen and oxygen atoms in total. The summed E-state index contributed by atoms with van der Waals surface area (Å²) >= 11 is 0. The average molecular weight is 357 g/mol. The molecule has 0 aliphatic carbocycles. The number of para-hydroxylation sites is 1. The van der Waals surface area contributed by atoms with Crippen molar-refractivity contribution in [3.8, 4) is 6.07 Å². The van der Waals surface area contributed by atoms with Crippen molar-refractivity contribution in [3.05, 3.63) is 59.2 Å². The van der Waals surface area contributed by atoms with Gasteiger partial charge >= 0.3 is 0 Å². The molecule has 0 unspecified atom stereocenters. The van der Waals surface area contributed by atoms with E-state index in [1.54, 1.807) is 37.3 Å². The Bertz CT molecular complexity index is 946. The molecule has 25 heavy (non-hydrogen) atoms. The lowest BCUT2D eigenvalue weighted by Crippen LogP contribution is -2.38. The van der Waals surface area contributed by atoms with Crippen molar-refractivity contribution in [2.24, 2.45) is 0 Å². The Labute approximate surface area is 147 Å². The highest BCUT2D eigenvalue weighted by atomic mass is 32.2. The Morgan fingerprint density at radius 3 is 2.52 bits per heavy atom. The summed E-state index contributed by atoms with van der Waals surface area (Å²) in [5, 5.41) is 11.7. The summed E-state index contributed by atoms with van der Waals surface area (Å²) < 4.78 is 25.5. The van der Waals surface area contributed by atoms with Crippen LogP contribution in [-0.4, -0.2) is 27.1 Å². The standard InChI is InChI=1S/C18H19N3O3S/c1-13-8-9-14(2)17(10-13)21(25(3,23)24)12-18(22)20-16-7-5-4-6-15(16)11-19/h4-10H,12H2,1-3H3,(H,20,22). The zero-order valence-electron chi connectivity index (χ0n) is 14.3. The summed E-state index contributed by atoms with van der Waals surface area (Å²) in [5.74, 6) is -0.519. The topological polar surface area (TPSA) is 90.3 Å². The molecular weight excluding hydrogens is 338 g/mol. The monoisotopic (exact) mass is 357 g/mol. The lowest BCUT2D eigenvalue weighted by Gasteiger charge is -2.24. The number of nitriles is 1. The molecule has 0 spiro atoms. The summed E-state index contributed by atoms with van der Waals surface area (Å²) in [4.78, 5) is 12.4. The Morgan fingerprint density at radius 1 is 1.20 bits per heavy atom. The van der Waals surface area contributed by atoms with Crippen molar-refractivity contribution in [3.63, 3.8) is 0 Å². The van der Waals surface area contributed by atoms with E-state index >= 15 is 0 Å². The Morgan fingerprint density at radius 2 is 1.88 bits per heavy atom. The van der Waals surface area contributed by atoms with E-state index < -0.39 is 15.9 Å². The summed E-state index contributed by atoms with van der Waals surface area (Å²) in [5.41, 5.74) is 2.77. The number of sulfonamides is 1. The first kappa shape index (κ1) is 18.5. The van der Waals surface area contributed by atoms with Crippen LogP contribution in [0, 0.1) is 25.2 Å². The van der Waals surface area contributed by atoms with E-state index in [1.807, 2.05) is 25.1 Å².